The van der Waals surface area contributed by atoms with Crippen molar-refractivity contribution in [3.8, 4) is 50.9 Å². The SMILES string of the molecule is c1cc(-c2ccc3c(c2)-c2cc(-n4c5ccccc5c5ccccc54)cc4c2B(O3)c2ccccc2O4)cc(-n2c3ccccc3c3ccccc32)c1. The van der Waals surface area contributed by atoms with Gasteiger partial charge in [0.15, 0.2) is 0 Å². The highest BCUT2D eigenvalue weighted by atomic mass is 16.5. The van der Waals surface area contributed by atoms with Crippen LogP contribution in [0.5, 0.6) is 17.2 Å². The molecule has 2 aliphatic heterocycles. The van der Waals surface area contributed by atoms with Gasteiger partial charge in [0.05, 0.1) is 27.8 Å². The molecule has 53 heavy (non-hydrogen) atoms. The van der Waals surface area contributed by atoms with E-state index in [0.717, 1.165) is 72.8 Å². The molecule has 12 rings (SSSR count). The summed E-state index contributed by atoms with van der Waals surface area (Å²) in [4.78, 5) is 0. The molecule has 8 aromatic carbocycles. The van der Waals surface area contributed by atoms with Crippen LogP contribution in [0.15, 0.2) is 176 Å². The number of aromatic nitrogens is 2. The molecule has 0 atom stereocenters. The van der Waals surface area contributed by atoms with Gasteiger partial charge in [0.25, 0.3) is 0 Å². The summed E-state index contributed by atoms with van der Waals surface area (Å²) >= 11 is 0. The van der Waals surface area contributed by atoms with Crippen LogP contribution in [0.25, 0.3) is 77.2 Å². The number of rotatable bonds is 3. The fourth-order valence-corrected chi connectivity index (χ4v) is 8.88. The van der Waals surface area contributed by atoms with Gasteiger partial charge in [-0.25, -0.2) is 0 Å². The number of fused-ring (bicyclic) bond motifs is 10. The van der Waals surface area contributed by atoms with Gasteiger partial charge in [-0.2, -0.15) is 0 Å². The largest absolute Gasteiger partial charge is 0.551 e. The average molecular weight is 677 g/mol. The molecule has 0 unspecified atom stereocenters. The summed E-state index contributed by atoms with van der Waals surface area (Å²) in [5.74, 6) is 2.52. The van der Waals surface area contributed by atoms with Crippen molar-refractivity contribution in [2.75, 3.05) is 0 Å². The lowest BCUT2D eigenvalue weighted by Gasteiger charge is -2.33. The third-order valence-electron chi connectivity index (χ3n) is 11.2. The third kappa shape index (κ3) is 4.07. The standard InChI is InChI=1S/C48H29BN2O2/c1-6-19-41-34(14-1)35-15-2-7-20-42(35)50(41)32-13-11-12-30(26-32)31-24-25-45-38(27-31)39-28-33(29-47-48(39)49(53-45)40-18-5-10-23-46(40)52-47)51-43-21-8-3-16-36(43)37-17-4-9-22-44(37)51/h1-29H. The molecular weight excluding hydrogens is 647 g/mol. The number of ether oxygens (including phenoxy) is 1. The Bertz CT molecular complexity index is 3050. The summed E-state index contributed by atoms with van der Waals surface area (Å²) < 4.78 is 18.4. The normalized spacial score (nSPS) is 12.8. The van der Waals surface area contributed by atoms with E-state index in [-0.39, 0.29) is 6.92 Å². The van der Waals surface area contributed by atoms with Crippen molar-refractivity contribution >= 4 is 61.5 Å². The van der Waals surface area contributed by atoms with Gasteiger partial charge >= 0.3 is 6.92 Å². The Morgan fingerprint density at radius 1 is 0.377 bits per heavy atom. The first-order valence-corrected chi connectivity index (χ1v) is 18.1. The van der Waals surface area contributed by atoms with E-state index < -0.39 is 0 Å². The van der Waals surface area contributed by atoms with E-state index in [1.165, 1.54) is 32.6 Å². The van der Waals surface area contributed by atoms with Crippen LogP contribution >= 0.6 is 0 Å². The minimum atomic E-state index is -0.269. The molecule has 0 N–H and O–H groups in total. The van der Waals surface area contributed by atoms with Crippen LogP contribution in [0.3, 0.4) is 0 Å². The Morgan fingerprint density at radius 2 is 0.943 bits per heavy atom. The van der Waals surface area contributed by atoms with Crippen molar-refractivity contribution in [2.45, 2.75) is 0 Å². The first-order chi connectivity index (χ1) is 26.3. The summed E-state index contributed by atoms with van der Waals surface area (Å²) in [6, 6.07) is 62.9. The first-order valence-electron chi connectivity index (χ1n) is 18.1. The molecule has 2 aromatic heterocycles. The predicted octanol–water partition coefficient (Wildman–Crippen LogP) is 10.8. The van der Waals surface area contributed by atoms with Crippen molar-refractivity contribution in [3.05, 3.63) is 176 Å². The van der Waals surface area contributed by atoms with Crippen molar-refractivity contribution in [1.82, 2.24) is 9.13 Å². The van der Waals surface area contributed by atoms with Crippen LogP contribution in [-0.2, 0) is 0 Å². The second-order valence-electron chi connectivity index (χ2n) is 14.0. The van der Waals surface area contributed by atoms with E-state index in [1.54, 1.807) is 0 Å². The summed E-state index contributed by atoms with van der Waals surface area (Å²) in [5, 5.41) is 4.97. The van der Waals surface area contributed by atoms with Gasteiger partial charge in [-0.3, -0.25) is 0 Å². The number of hydrogen-bond acceptors (Lipinski definition) is 2. The molecule has 246 valence electrons. The maximum Gasteiger partial charge on any atom is 0.434 e. The second kappa shape index (κ2) is 10.8. The summed E-state index contributed by atoms with van der Waals surface area (Å²) in [6.45, 7) is -0.269. The zero-order chi connectivity index (χ0) is 34.6. The first kappa shape index (κ1) is 28.7. The van der Waals surface area contributed by atoms with Crippen molar-refractivity contribution in [3.63, 3.8) is 0 Å². The molecule has 0 saturated carbocycles. The van der Waals surface area contributed by atoms with Gasteiger partial charge in [0, 0.05) is 49.8 Å². The number of hydrogen-bond donors (Lipinski definition) is 0. The van der Waals surface area contributed by atoms with Crippen LogP contribution in [-0.4, -0.2) is 16.0 Å². The zero-order valence-corrected chi connectivity index (χ0v) is 28.5. The fraction of sp³-hybridized carbons (Fsp3) is 0. The Morgan fingerprint density at radius 3 is 1.60 bits per heavy atom. The third-order valence-corrected chi connectivity index (χ3v) is 11.2. The highest BCUT2D eigenvalue weighted by Crippen LogP contribution is 2.44. The topological polar surface area (TPSA) is 28.3 Å². The molecule has 10 aromatic rings. The van der Waals surface area contributed by atoms with Gasteiger partial charge in [-0.1, -0.05) is 109 Å². The second-order valence-corrected chi connectivity index (χ2v) is 14.0. The van der Waals surface area contributed by atoms with E-state index >= 15 is 0 Å². The van der Waals surface area contributed by atoms with Crippen LogP contribution in [0.2, 0.25) is 0 Å². The van der Waals surface area contributed by atoms with Crippen LogP contribution < -0.4 is 20.3 Å². The summed E-state index contributed by atoms with van der Waals surface area (Å²) in [7, 11) is 0. The molecule has 4 heterocycles. The molecule has 0 bridgehead atoms. The smallest absolute Gasteiger partial charge is 0.434 e. The lowest BCUT2D eigenvalue weighted by Crippen LogP contribution is -2.53. The lowest BCUT2D eigenvalue weighted by molar-refractivity contribution is 0.479. The Labute approximate surface area is 305 Å². The van der Waals surface area contributed by atoms with Crippen molar-refractivity contribution < 1.29 is 9.39 Å². The molecular formula is C48H29BN2O2. The van der Waals surface area contributed by atoms with E-state index in [1.807, 2.05) is 12.1 Å². The number of benzene rings is 8. The van der Waals surface area contributed by atoms with Crippen LogP contribution in [0.4, 0.5) is 0 Å². The zero-order valence-electron chi connectivity index (χ0n) is 28.5. The highest BCUT2D eigenvalue weighted by Gasteiger charge is 2.41. The molecule has 0 aliphatic carbocycles. The highest BCUT2D eigenvalue weighted by molar-refractivity contribution is 6.84. The lowest BCUT2D eigenvalue weighted by atomic mass is 9.51. The molecule has 0 radical (unpaired) electrons. The quantitative estimate of drug-likeness (QED) is 0.174. The molecule has 0 fully saturated rings. The van der Waals surface area contributed by atoms with E-state index in [0.29, 0.717) is 0 Å². The maximum atomic E-state index is 6.92. The van der Waals surface area contributed by atoms with Crippen molar-refractivity contribution in [2.24, 2.45) is 0 Å². The molecule has 0 spiro atoms. The van der Waals surface area contributed by atoms with Crippen molar-refractivity contribution in [1.29, 1.82) is 0 Å². The molecule has 0 amide bonds. The van der Waals surface area contributed by atoms with Gasteiger partial charge < -0.3 is 18.5 Å². The van der Waals surface area contributed by atoms with E-state index in [9.17, 15) is 0 Å². The monoisotopic (exact) mass is 676 g/mol. The molecule has 0 saturated heterocycles. The Hall–Kier alpha value is -6.98. The minimum absolute atomic E-state index is 0.269. The predicted molar refractivity (Wildman–Crippen MR) is 218 cm³/mol. The molecule has 2 aliphatic rings. The van der Waals surface area contributed by atoms with Gasteiger partial charge in [0.1, 0.15) is 17.2 Å². The Kier molecular flexibility index (Phi) is 5.83. The Balaban J connectivity index is 1.07. The van der Waals surface area contributed by atoms with Crippen LogP contribution in [0.1, 0.15) is 0 Å². The summed E-state index contributed by atoms with van der Waals surface area (Å²) in [6.07, 6.45) is 0. The average Bonchev–Trinajstić information content (AvgIpc) is 3.74. The minimum Gasteiger partial charge on any atom is -0.551 e. The maximum absolute atomic E-state index is 6.92. The number of nitrogens with zero attached hydrogens (tertiary/aromatic N) is 2. The van der Waals surface area contributed by atoms with Crippen LogP contribution in [0, 0.1) is 0 Å². The van der Waals surface area contributed by atoms with Gasteiger partial charge in [-0.05, 0) is 77.4 Å². The summed E-state index contributed by atoms with van der Waals surface area (Å²) in [5.41, 5.74) is 13.5. The number of para-hydroxylation sites is 5. The molecule has 4 nitrogen and oxygen atoms in total. The molecule has 5 heteroatoms. The van der Waals surface area contributed by atoms with E-state index in [2.05, 4.69) is 173 Å². The fourth-order valence-electron chi connectivity index (χ4n) is 8.88. The van der Waals surface area contributed by atoms with E-state index in [4.69, 9.17) is 9.39 Å². The van der Waals surface area contributed by atoms with Gasteiger partial charge in [0.2, 0.25) is 0 Å². The van der Waals surface area contributed by atoms with Gasteiger partial charge in [-0.15, -0.1) is 0 Å².